The molecular weight excluding hydrogens is 240 g/mol. The fourth-order valence-corrected chi connectivity index (χ4v) is 4.61. The van der Waals surface area contributed by atoms with E-state index < -0.39 is 8.07 Å². The van der Waals surface area contributed by atoms with E-state index in [9.17, 15) is 0 Å². The Morgan fingerprint density at radius 1 is 1.31 bits per heavy atom. The lowest BCUT2D eigenvalue weighted by Gasteiger charge is -2.18. The van der Waals surface area contributed by atoms with E-state index in [0.29, 0.717) is 0 Å². The fourth-order valence-electron chi connectivity index (χ4n) is 1.19. The lowest BCUT2D eigenvalue weighted by atomic mass is 10.2. The molecule has 0 aliphatic rings. The Morgan fingerprint density at radius 2 is 1.92 bits per heavy atom. The number of hydrogen-bond acceptors (Lipinski definition) is 0. The molecule has 0 aliphatic heterocycles. The Labute approximate surface area is 89.5 Å². The summed E-state index contributed by atoms with van der Waals surface area (Å²) >= 11 is 3.56. The lowest BCUT2D eigenvalue weighted by Crippen LogP contribution is -2.38. The van der Waals surface area contributed by atoms with Crippen molar-refractivity contribution in [2.45, 2.75) is 19.6 Å². The zero-order valence-electron chi connectivity index (χ0n) is 8.19. The van der Waals surface area contributed by atoms with Crippen LogP contribution in [-0.4, -0.2) is 8.07 Å². The van der Waals surface area contributed by atoms with E-state index >= 15 is 0 Å². The van der Waals surface area contributed by atoms with Gasteiger partial charge in [0.1, 0.15) is 0 Å². The maximum atomic E-state index is 5.36. The minimum Gasteiger partial charge on any atom is -0.115 e. The van der Waals surface area contributed by atoms with E-state index in [-0.39, 0.29) is 0 Å². The molecular formula is C11H13BrSi. The van der Waals surface area contributed by atoms with Crippen LogP contribution in [-0.2, 0) is 0 Å². The molecule has 0 bridgehead atoms. The normalized spacial score (nSPS) is 11.0. The Hall–Kier alpha value is -0.523. The monoisotopic (exact) mass is 252 g/mol. The summed E-state index contributed by atoms with van der Waals surface area (Å²) in [5.41, 5.74) is 0.973. The van der Waals surface area contributed by atoms with Gasteiger partial charge in [-0.25, -0.2) is 0 Å². The maximum Gasteiger partial charge on any atom is 0.0791 e. The van der Waals surface area contributed by atoms with Gasteiger partial charge in [-0.15, -0.1) is 6.42 Å². The van der Waals surface area contributed by atoms with Crippen LogP contribution >= 0.6 is 15.9 Å². The van der Waals surface area contributed by atoms with E-state index in [1.54, 1.807) is 0 Å². The van der Waals surface area contributed by atoms with Gasteiger partial charge in [0, 0.05) is 10.0 Å². The largest absolute Gasteiger partial charge is 0.115 e. The molecule has 0 heterocycles. The van der Waals surface area contributed by atoms with Gasteiger partial charge < -0.3 is 0 Å². The number of hydrogen-bond donors (Lipinski definition) is 0. The first-order chi connectivity index (χ1) is 5.95. The van der Waals surface area contributed by atoms with Crippen LogP contribution in [0.3, 0.4) is 0 Å². The van der Waals surface area contributed by atoms with Crippen LogP contribution < -0.4 is 5.19 Å². The standard InChI is InChI=1S/C11H13BrSi/c1-5-9-6-7-10(12)11(8-9)13(2,3)4/h1,6-8H,2-4H3. The summed E-state index contributed by atoms with van der Waals surface area (Å²) in [5.74, 6) is 2.67. The third-order valence-corrected chi connectivity index (χ3v) is 5.03. The summed E-state index contributed by atoms with van der Waals surface area (Å²) < 4.78 is 1.19. The molecule has 1 aromatic rings. The van der Waals surface area contributed by atoms with Crippen molar-refractivity contribution in [1.82, 2.24) is 0 Å². The molecule has 0 N–H and O–H groups in total. The Bertz CT molecular complexity index is 355. The molecule has 0 radical (unpaired) electrons. The smallest absolute Gasteiger partial charge is 0.0791 e. The highest BCUT2D eigenvalue weighted by Crippen LogP contribution is 2.14. The molecule has 0 atom stereocenters. The van der Waals surface area contributed by atoms with E-state index in [1.165, 1.54) is 9.66 Å². The quantitative estimate of drug-likeness (QED) is 0.533. The van der Waals surface area contributed by atoms with E-state index in [0.717, 1.165) is 5.56 Å². The summed E-state index contributed by atoms with van der Waals surface area (Å²) in [6.45, 7) is 6.94. The molecule has 0 saturated heterocycles. The van der Waals surface area contributed by atoms with Crippen molar-refractivity contribution >= 4 is 29.2 Å². The van der Waals surface area contributed by atoms with Gasteiger partial charge >= 0.3 is 0 Å². The van der Waals surface area contributed by atoms with Crippen molar-refractivity contribution in [3.05, 3.63) is 28.2 Å². The molecule has 0 unspecified atom stereocenters. The average Bonchev–Trinajstić information content (AvgIpc) is 2.03. The molecule has 0 saturated carbocycles. The summed E-state index contributed by atoms with van der Waals surface area (Å²) in [6, 6.07) is 6.13. The van der Waals surface area contributed by atoms with Crippen LogP contribution in [0.15, 0.2) is 22.7 Å². The maximum absolute atomic E-state index is 5.36. The second-order valence-electron chi connectivity index (χ2n) is 4.09. The topological polar surface area (TPSA) is 0 Å². The molecule has 68 valence electrons. The molecule has 0 aromatic heterocycles. The Balaban J connectivity index is 3.29. The zero-order valence-corrected chi connectivity index (χ0v) is 10.8. The first kappa shape index (κ1) is 10.6. The van der Waals surface area contributed by atoms with Gasteiger partial charge in [0.25, 0.3) is 0 Å². The van der Waals surface area contributed by atoms with E-state index in [4.69, 9.17) is 6.42 Å². The number of terminal acetylenes is 1. The summed E-state index contributed by atoms with van der Waals surface area (Å²) in [6.07, 6.45) is 5.36. The molecule has 0 spiro atoms. The fraction of sp³-hybridized carbons (Fsp3) is 0.273. The van der Waals surface area contributed by atoms with Gasteiger partial charge in [-0.2, -0.15) is 0 Å². The first-order valence-electron chi connectivity index (χ1n) is 4.22. The van der Waals surface area contributed by atoms with Gasteiger partial charge in [-0.05, 0) is 23.4 Å². The summed E-state index contributed by atoms with van der Waals surface area (Å²) in [5, 5.41) is 1.39. The lowest BCUT2D eigenvalue weighted by molar-refractivity contribution is 1.60. The molecule has 0 aliphatic carbocycles. The minimum absolute atomic E-state index is 0.973. The van der Waals surface area contributed by atoms with Crippen LogP contribution in [0.25, 0.3) is 0 Å². The second-order valence-corrected chi connectivity index (χ2v) is 9.98. The highest BCUT2D eigenvalue weighted by molar-refractivity contribution is 9.10. The molecule has 0 amide bonds. The average molecular weight is 253 g/mol. The van der Waals surface area contributed by atoms with Gasteiger partial charge in [0.2, 0.25) is 0 Å². The van der Waals surface area contributed by atoms with Crippen LogP contribution in [0.2, 0.25) is 19.6 Å². The summed E-state index contributed by atoms with van der Waals surface area (Å²) in [4.78, 5) is 0. The third kappa shape index (κ3) is 2.46. The van der Waals surface area contributed by atoms with Crippen molar-refractivity contribution in [3.8, 4) is 12.3 Å². The first-order valence-corrected chi connectivity index (χ1v) is 8.51. The van der Waals surface area contributed by atoms with E-state index in [1.807, 2.05) is 12.1 Å². The van der Waals surface area contributed by atoms with Crippen LogP contribution in [0.1, 0.15) is 5.56 Å². The molecule has 1 rings (SSSR count). The summed E-state index contributed by atoms with van der Waals surface area (Å²) in [7, 11) is -1.27. The van der Waals surface area contributed by atoms with Crippen molar-refractivity contribution in [2.75, 3.05) is 0 Å². The minimum atomic E-state index is -1.27. The van der Waals surface area contributed by atoms with Gasteiger partial charge in [0.05, 0.1) is 8.07 Å². The van der Waals surface area contributed by atoms with Gasteiger partial charge in [0.15, 0.2) is 0 Å². The van der Waals surface area contributed by atoms with Gasteiger partial charge in [-0.1, -0.05) is 41.5 Å². The Morgan fingerprint density at radius 3 is 2.38 bits per heavy atom. The van der Waals surface area contributed by atoms with Gasteiger partial charge in [-0.3, -0.25) is 0 Å². The van der Waals surface area contributed by atoms with Crippen LogP contribution in [0.5, 0.6) is 0 Å². The molecule has 1 aromatic carbocycles. The van der Waals surface area contributed by atoms with Crippen molar-refractivity contribution in [2.24, 2.45) is 0 Å². The van der Waals surface area contributed by atoms with E-state index in [2.05, 4.69) is 47.6 Å². The van der Waals surface area contributed by atoms with Crippen LogP contribution in [0, 0.1) is 12.3 Å². The number of rotatable bonds is 1. The Kier molecular flexibility index (Phi) is 3.00. The zero-order chi connectivity index (χ0) is 10.1. The van der Waals surface area contributed by atoms with Crippen molar-refractivity contribution in [1.29, 1.82) is 0 Å². The molecule has 0 nitrogen and oxygen atoms in total. The van der Waals surface area contributed by atoms with Crippen molar-refractivity contribution in [3.63, 3.8) is 0 Å². The number of benzene rings is 1. The second kappa shape index (κ2) is 3.69. The molecule has 13 heavy (non-hydrogen) atoms. The predicted octanol–water partition coefficient (Wildman–Crippen LogP) is 2.98. The van der Waals surface area contributed by atoms with Crippen LogP contribution in [0.4, 0.5) is 0 Å². The number of halogens is 1. The third-order valence-electron chi connectivity index (χ3n) is 1.94. The SMILES string of the molecule is C#Cc1ccc(Br)c([Si](C)(C)C)c1. The molecule has 0 fully saturated rings. The highest BCUT2D eigenvalue weighted by atomic mass is 79.9. The van der Waals surface area contributed by atoms with Crippen molar-refractivity contribution < 1.29 is 0 Å². The highest BCUT2D eigenvalue weighted by Gasteiger charge is 2.19. The predicted molar refractivity (Wildman–Crippen MR) is 65.1 cm³/mol. The molecule has 2 heteroatoms.